The van der Waals surface area contributed by atoms with Crippen molar-refractivity contribution in [1.82, 2.24) is 5.32 Å². The van der Waals surface area contributed by atoms with Gasteiger partial charge in [0.2, 0.25) is 0 Å². The Bertz CT molecular complexity index is 1010. The minimum atomic E-state index is 0.0524. The van der Waals surface area contributed by atoms with Gasteiger partial charge in [-0.05, 0) is 74.8 Å². The van der Waals surface area contributed by atoms with Crippen molar-refractivity contribution in [3.8, 4) is 11.5 Å². The second kappa shape index (κ2) is 11.5. The summed E-state index contributed by atoms with van der Waals surface area (Å²) in [5, 5.41) is 4.13. The molecule has 1 N–H and O–H groups in total. The minimum Gasteiger partial charge on any atom is -0.490 e. The highest BCUT2D eigenvalue weighted by molar-refractivity contribution is 7.16. The number of carbonyl (C=O) groups is 1. The van der Waals surface area contributed by atoms with E-state index in [1.807, 2.05) is 31.3 Å². The maximum Gasteiger partial charge on any atom is 0.254 e. The van der Waals surface area contributed by atoms with Crippen LogP contribution in [0.5, 0.6) is 11.5 Å². The number of aryl methyl sites for hydroxylation is 1. The number of hydrogen-bond acceptors (Lipinski definition) is 5. The highest BCUT2D eigenvalue weighted by atomic mass is 32.1. The second-order valence-electron chi connectivity index (χ2n) is 8.70. The Hall–Kier alpha value is -2.60. The van der Waals surface area contributed by atoms with Gasteiger partial charge in [0.05, 0.1) is 12.2 Å². The monoisotopic (exact) mass is 466 g/mol. The summed E-state index contributed by atoms with van der Waals surface area (Å²) in [5.74, 6) is 1.42. The lowest BCUT2D eigenvalue weighted by atomic mass is 9.93. The van der Waals surface area contributed by atoms with Gasteiger partial charge in [-0.3, -0.25) is 4.79 Å². The summed E-state index contributed by atoms with van der Waals surface area (Å²) < 4.78 is 11.5. The third-order valence-electron chi connectivity index (χ3n) is 6.28. The number of fused-ring (bicyclic) bond motifs is 1. The lowest BCUT2D eigenvalue weighted by Crippen LogP contribution is -2.36. The van der Waals surface area contributed by atoms with Crippen LogP contribution in [-0.4, -0.2) is 31.4 Å². The maximum atomic E-state index is 13.3. The van der Waals surface area contributed by atoms with Gasteiger partial charge in [-0.1, -0.05) is 31.9 Å². The summed E-state index contributed by atoms with van der Waals surface area (Å²) in [4.78, 5) is 19.5. The topological polar surface area (TPSA) is 59.9 Å². The zero-order valence-corrected chi connectivity index (χ0v) is 20.3. The first-order valence-electron chi connectivity index (χ1n) is 12.2. The standard InChI is InChI=1S/C27H34N2O3S/c1-3-16-32-22-15-14-19(17-23(22)31-4-2)18-28-27-25(21-12-8-9-13-24(21)33-27)26(30)29-20-10-6-5-7-11-20/h3,14-15,17-18,20H,1,4-13,16H2,2H3,(H,29,30). The summed E-state index contributed by atoms with van der Waals surface area (Å²) in [5.41, 5.74) is 2.93. The number of thiophene rings is 1. The molecule has 0 aliphatic heterocycles. The zero-order chi connectivity index (χ0) is 23.0. The molecule has 2 aliphatic carbocycles. The van der Waals surface area contributed by atoms with E-state index in [1.54, 1.807) is 17.4 Å². The highest BCUT2D eigenvalue weighted by Crippen LogP contribution is 2.40. The minimum absolute atomic E-state index is 0.0524. The van der Waals surface area contributed by atoms with E-state index in [2.05, 4.69) is 11.9 Å². The lowest BCUT2D eigenvalue weighted by Gasteiger charge is -2.23. The lowest BCUT2D eigenvalue weighted by molar-refractivity contribution is 0.0927. The molecule has 176 valence electrons. The number of benzene rings is 1. The molecule has 2 aliphatic rings. The van der Waals surface area contributed by atoms with Crippen LogP contribution in [0.25, 0.3) is 0 Å². The van der Waals surface area contributed by atoms with Crippen LogP contribution in [0.2, 0.25) is 0 Å². The van der Waals surface area contributed by atoms with E-state index >= 15 is 0 Å². The van der Waals surface area contributed by atoms with E-state index in [9.17, 15) is 4.79 Å². The summed E-state index contributed by atoms with van der Waals surface area (Å²) in [6, 6.07) is 6.07. The molecular formula is C27H34N2O3S. The molecule has 0 atom stereocenters. The Balaban J connectivity index is 1.59. The molecule has 1 aromatic carbocycles. The fraction of sp³-hybridized carbons (Fsp3) is 0.481. The van der Waals surface area contributed by atoms with Crippen molar-refractivity contribution in [2.75, 3.05) is 13.2 Å². The molecule has 6 heteroatoms. The molecule has 1 aromatic heterocycles. The van der Waals surface area contributed by atoms with Crippen LogP contribution in [0.3, 0.4) is 0 Å². The summed E-state index contributed by atoms with van der Waals surface area (Å²) >= 11 is 1.67. The van der Waals surface area contributed by atoms with Gasteiger partial charge in [0.25, 0.3) is 5.91 Å². The van der Waals surface area contributed by atoms with Gasteiger partial charge >= 0.3 is 0 Å². The first-order chi connectivity index (χ1) is 16.2. The number of hydrogen-bond donors (Lipinski definition) is 1. The van der Waals surface area contributed by atoms with Crippen molar-refractivity contribution >= 4 is 28.5 Å². The van der Waals surface area contributed by atoms with E-state index in [0.717, 1.165) is 48.2 Å². The van der Waals surface area contributed by atoms with Crippen LogP contribution < -0.4 is 14.8 Å². The number of rotatable bonds is 9. The molecule has 0 radical (unpaired) electrons. The van der Waals surface area contributed by atoms with E-state index < -0.39 is 0 Å². The number of carbonyl (C=O) groups excluding carboxylic acids is 1. The van der Waals surface area contributed by atoms with Gasteiger partial charge in [-0.15, -0.1) is 11.3 Å². The molecule has 0 bridgehead atoms. The van der Waals surface area contributed by atoms with Gasteiger partial charge < -0.3 is 14.8 Å². The molecule has 0 unspecified atom stereocenters. The van der Waals surface area contributed by atoms with Gasteiger partial charge in [0.1, 0.15) is 11.6 Å². The van der Waals surface area contributed by atoms with Gasteiger partial charge in [0.15, 0.2) is 11.5 Å². The fourth-order valence-electron chi connectivity index (χ4n) is 4.66. The molecule has 1 saturated carbocycles. The average molecular weight is 467 g/mol. The summed E-state index contributed by atoms with van der Waals surface area (Å²) in [7, 11) is 0. The van der Waals surface area contributed by atoms with E-state index in [0.29, 0.717) is 30.8 Å². The molecule has 5 nitrogen and oxygen atoms in total. The molecule has 2 aromatic rings. The molecule has 0 saturated heterocycles. The first-order valence-corrected chi connectivity index (χ1v) is 13.0. The summed E-state index contributed by atoms with van der Waals surface area (Å²) in [6.45, 7) is 6.62. The van der Waals surface area contributed by atoms with Crippen LogP contribution >= 0.6 is 11.3 Å². The highest BCUT2D eigenvalue weighted by Gasteiger charge is 2.27. The van der Waals surface area contributed by atoms with Crippen LogP contribution in [0, 0.1) is 0 Å². The number of ether oxygens (including phenoxy) is 2. The van der Waals surface area contributed by atoms with Crippen molar-refractivity contribution in [2.45, 2.75) is 70.8 Å². The molecule has 1 amide bonds. The smallest absolute Gasteiger partial charge is 0.254 e. The quantitative estimate of drug-likeness (QED) is 0.343. The van der Waals surface area contributed by atoms with Gasteiger partial charge in [-0.25, -0.2) is 4.99 Å². The molecule has 1 heterocycles. The third kappa shape index (κ3) is 5.85. The van der Waals surface area contributed by atoms with E-state index in [4.69, 9.17) is 14.5 Å². The van der Waals surface area contributed by atoms with Crippen LogP contribution in [0.1, 0.15) is 78.2 Å². The second-order valence-corrected chi connectivity index (χ2v) is 9.78. The van der Waals surface area contributed by atoms with Crippen LogP contribution in [-0.2, 0) is 12.8 Å². The molecule has 1 fully saturated rings. The molecule has 4 rings (SSSR count). The third-order valence-corrected chi connectivity index (χ3v) is 7.48. The molecule has 33 heavy (non-hydrogen) atoms. The first kappa shape index (κ1) is 23.6. The van der Waals surface area contributed by atoms with Crippen LogP contribution in [0.4, 0.5) is 5.00 Å². The molecule has 0 spiro atoms. The Morgan fingerprint density at radius 2 is 1.97 bits per heavy atom. The van der Waals surface area contributed by atoms with Gasteiger partial charge in [-0.2, -0.15) is 0 Å². The largest absolute Gasteiger partial charge is 0.490 e. The Kier molecular flexibility index (Phi) is 8.21. The fourth-order valence-corrected chi connectivity index (χ4v) is 5.89. The normalized spacial score (nSPS) is 16.4. The van der Waals surface area contributed by atoms with E-state index in [-0.39, 0.29) is 5.91 Å². The zero-order valence-electron chi connectivity index (χ0n) is 19.5. The Labute approximate surface area is 200 Å². The Morgan fingerprint density at radius 3 is 2.76 bits per heavy atom. The summed E-state index contributed by atoms with van der Waals surface area (Å²) in [6.07, 6.45) is 13.7. The van der Waals surface area contributed by atoms with Crippen molar-refractivity contribution < 1.29 is 14.3 Å². The predicted octanol–water partition coefficient (Wildman–Crippen LogP) is 6.40. The number of nitrogens with one attached hydrogen (secondary N) is 1. The average Bonchev–Trinajstić information content (AvgIpc) is 3.21. The van der Waals surface area contributed by atoms with E-state index in [1.165, 1.54) is 36.1 Å². The van der Waals surface area contributed by atoms with Crippen molar-refractivity contribution in [3.05, 3.63) is 52.4 Å². The van der Waals surface area contributed by atoms with Crippen LogP contribution in [0.15, 0.2) is 35.8 Å². The van der Waals surface area contributed by atoms with Crippen molar-refractivity contribution in [3.63, 3.8) is 0 Å². The number of amides is 1. The van der Waals surface area contributed by atoms with Crippen molar-refractivity contribution in [2.24, 2.45) is 4.99 Å². The van der Waals surface area contributed by atoms with Gasteiger partial charge in [0, 0.05) is 17.1 Å². The molecular weight excluding hydrogens is 432 g/mol. The Morgan fingerprint density at radius 1 is 1.15 bits per heavy atom. The van der Waals surface area contributed by atoms with Crippen molar-refractivity contribution in [1.29, 1.82) is 0 Å². The SMILES string of the molecule is C=CCOc1ccc(C=Nc2sc3c(c2C(=O)NC2CCCCC2)CCCC3)cc1OCC. The predicted molar refractivity (Wildman–Crippen MR) is 136 cm³/mol. The number of nitrogens with zero attached hydrogens (tertiary/aromatic N) is 1. The number of aliphatic imine (C=N–C) groups is 1. The maximum absolute atomic E-state index is 13.3.